The number of nitrogens with one attached hydrogen (secondary N) is 2. The van der Waals surface area contributed by atoms with Gasteiger partial charge in [0.1, 0.15) is 12.4 Å². The van der Waals surface area contributed by atoms with E-state index in [4.69, 9.17) is 9.47 Å². The molecular formula is C23H28N2O4. The van der Waals surface area contributed by atoms with Crippen LogP contribution in [0.4, 0.5) is 11.4 Å². The van der Waals surface area contributed by atoms with E-state index in [1.54, 1.807) is 48.5 Å². The second-order valence-electron chi connectivity index (χ2n) is 7.65. The predicted octanol–water partition coefficient (Wildman–Crippen LogP) is 4.48. The fourth-order valence-electron chi connectivity index (χ4n) is 3.09. The lowest BCUT2D eigenvalue weighted by atomic mass is 10.1. The van der Waals surface area contributed by atoms with Gasteiger partial charge in [-0.25, -0.2) is 0 Å². The van der Waals surface area contributed by atoms with E-state index in [2.05, 4.69) is 10.6 Å². The second kappa shape index (κ2) is 10.1. The summed E-state index contributed by atoms with van der Waals surface area (Å²) < 4.78 is 11.3. The van der Waals surface area contributed by atoms with Crippen molar-refractivity contribution in [1.82, 2.24) is 0 Å². The van der Waals surface area contributed by atoms with E-state index >= 15 is 0 Å². The summed E-state index contributed by atoms with van der Waals surface area (Å²) in [5.41, 5.74) is 1.92. The van der Waals surface area contributed by atoms with Crippen LogP contribution in [0.2, 0.25) is 0 Å². The molecule has 1 aliphatic heterocycles. The Hall–Kier alpha value is -2.86. The predicted molar refractivity (Wildman–Crippen MR) is 113 cm³/mol. The highest BCUT2D eigenvalue weighted by atomic mass is 16.5. The van der Waals surface area contributed by atoms with Crippen molar-refractivity contribution < 1.29 is 19.1 Å². The fraction of sp³-hybridized carbons (Fsp3) is 0.391. The Morgan fingerprint density at radius 2 is 1.69 bits per heavy atom. The molecule has 1 atom stereocenters. The lowest BCUT2D eigenvalue weighted by Crippen LogP contribution is -2.16. The highest BCUT2D eigenvalue weighted by molar-refractivity contribution is 6.04. The van der Waals surface area contributed by atoms with E-state index < -0.39 is 0 Å². The molecule has 6 nitrogen and oxygen atoms in total. The molecule has 1 aliphatic rings. The monoisotopic (exact) mass is 396 g/mol. The number of rotatable bonds is 8. The second-order valence-corrected chi connectivity index (χ2v) is 7.65. The molecule has 154 valence electrons. The molecule has 2 aromatic rings. The Labute approximate surface area is 171 Å². The zero-order chi connectivity index (χ0) is 20.6. The van der Waals surface area contributed by atoms with Crippen molar-refractivity contribution in [3.05, 3.63) is 54.1 Å². The summed E-state index contributed by atoms with van der Waals surface area (Å²) in [6.45, 7) is 5.34. The summed E-state index contributed by atoms with van der Waals surface area (Å²) in [7, 11) is 0. The van der Waals surface area contributed by atoms with E-state index in [0.29, 0.717) is 35.9 Å². The van der Waals surface area contributed by atoms with Crippen LogP contribution in [0.25, 0.3) is 0 Å². The number of hydrogen-bond donors (Lipinski definition) is 2. The summed E-state index contributed by atoms with van der Waals surface area (Å²) in [6.07, 6.45) is 2.75. The first-order valence-corrected chi connectivity index (χ1v) is 10.1. The molecular weight excluding hydrogens is 368 g/mol. The van der Waals surface area contributed by atoms with Crippen LogP contribution >= 0.6 is 0 Å². The molecule has 1 unspecified atom stereocenters. The summed E-state index contributed by atoms with van der Waals surface area (Å²) in [6, 6.07) is 14.1. The molecule has 3 rings (SSSR count). The number of anilines is 2. The SMILES string of the molecule is CC(C)CC(=O)Nc1ccc(NC(=O)c2ccc(OCC3CCCO3)cc2)cc1. The van der Waals surface area contributed by atoms with Gasteiger partial charge in [-0.1, -0.05) is 13.8 Å². The minimum atomic E-state index is -0.202. The minimum Gasteiger partial charge on any atom is -0.491 e. The van der Waals surface area contributed by atoms with Gasteiger partial charge in [0.25, 0.3) is 5.91 Å². The van der Waals surface area contributed by atoms with Gasteiger partial charge in [-0.2, -0.15) is 0 Å². The summed E-state index contributed by atoms with van der Waals surface area (Å²) in [5, 5.41) is 5.70. The molecule has 29 heavy (non-hydrogen) atoms. The average molecular weight is 396 g/mol. The van der Waals surface area contributed by atoms with Crippen molar-refractivity contribution in [2.24, 2.45) is 5.92 Å². The Balaban J connectivity index is 1.49. The Morgan fingerprint density at radius 1 is 1.03 bits per heavy atom. The third kappa shape index (κ3) is 6.61. The van der Waals surface area contributed by atoms with Gasteiger partial charge >= 0.3 is 0 Å². The van der Waals surface area contributed by atoms with Gasteiger partial charge in [-0.05, 0) is 67.3 Å². The van der Waals surface area contributed by atoms with Crippen LogP contribution in [0.15, 0.2) is 48.5 Å². The van der Waals surface area contributed by atoms with Crippen LogP contribution in [-0.4, -0.2) is 31.1 Å². The van der Waals surface area contributed by atoms with Crippen molar-refractivity contribution in [3.8, 4) is 5.75 Å². The number of amides is 2. The third-order valence-corrected chi connectivity index (χ3v) is 4.60. The summed E-state index contributed by atoms with van der Waals surface area (Å²) in [4.78, 5) is 24.3. The maximum absolute atomic E-state index is 12.4. The van der Waals surface area contributed by atoms with Gasteiger partial charge in [0.2, 0.25) is 5.91 Å². The van der Waals surface area contributed by atoms with Crippen LogP contribution in [0.1, 0.15) is 43.5 Å². The first-order valence-electron chi connectivity index (χ1n) is 10.1. The molecule has 1 saturated heterocycles. The summed E-state index contributed by atoms with van der Waals surface area (Å²) >= 11 is 0. The molecule has 2 aromatic carbocycles. The van der Waals surface area contributed by atoms with Crippen LogP contribution in [0.3, 0.4) is 0 Å². The molecule has 1 fully saturated rings. The van der Waals surface area contributed by atoms with Gasteiger partial charge in [0.05, 0.1) is 6.10 Å². The van der Waals surface area contributed by atoms with Crippen LogP contribution in [-0.2, 0) is 9.53 Å². The number of carbonyl (C=O) groups excluding carboxylic acids is 2. The summed E-state index contributed by atoms with van der Waals surface area (Å²) in [5.74, 6) is 0.811. The van der Waals surface area contributed by atoms with Crippen molar-refractivity contribution in [2.75, 3.05) is 23.8 Å². The standard InChI is InChI=1S/C23H28N2O4/c1-16(2)14-22(26)24-18-7-9-19(10-8-18)25-23(27)17-5-11-20(12-6-17)29-15-21-4-3-13-28-21/h5-12,16,21H,3-4,13-15H2,1-2H3,(H,24,26)(H,25,27). The molecule has 0 bridgehead atoms. The van der Waals surface area contributed by atoms with Crippen LogP contribution in [0, 0.1) is 5.92 Å². The van der Waals surface area contributed by atoms with Gasteiger partial charge in [0.15, 0.2) is 0 Å². The van der Waals surface area contributed by atoms with Crippen molar-refractivity contribution in [1.29, 1.82) is 0 Å². The molecule has 2 amide bonds. The Bertz CT molecular complexity index is 810. The van der Waals surface area contributed by atoms with Gasteiger partial charge < -0.3 is 20.1 Å². The topological polar surface area (TPSA) is 76.7 Å². The largest absolute Gasteiger partial charge is 0.491 e. The van der Waals surface area contributed by atoms with Gasteiger partial charge in [0, 0.05) is 30.0 Å². The Kier molecular flexibility index (Phi) is 7.25. The number of ether oxygens (including phenoxy) is 2. The third-order valence-electron chi connectivity index (χ3n) is 4.60. The number of carbonyl (C=O) groups is 2. The van der Waals surface area contributed by atoms with Crippen LogP contribution in [0.5, 0.6) is 5.75 Å². The van der Waals surface area contributed by atoms with E-state index in [1.165, 1.54) is 0 Å². The lowest BCUT2D eigenvalue weighted by Gasteiger charge is -2.12. The Morgan fingerprint density at radius 3 is 2.28 bits per heavy atom. The lowest BCUT2D eigenvalue weighted by molar-refractivity contribution is -0.116. The van der Waals surface area contributed by atoms with E-state index in [9.17, 15) is 9.59 Å². The van der Waals surface area contributed by atoms with E-state index in [-0.39, 0.29) is 17.9 Å². The van der Waals surface area contributed by atoms with Gasteiger partial charge in [-0.3, -0.25) is 9.59 Å². The normalized spacial score (nSPS) is 15.9. The zero-order valence-electron chi connectivity index (χ0n) is 16.9. The van der Waals surface area contributed by atoms with Crippen molar-refractivity contribution in [3.63, 3.8) is 0 Å². The first-order chi connectivity index (χ1) is 14.0. The van der Waals surface area contributed by atoms with E-state index in [0.717, 1.165) is 25.2 Å². The average Bonchev–Trinajstić information content (AvgIpc) is 3.21. The molecule has 0 aromatic heterocycles. The van der Waals surface area contributed by atoms with Gasteiger partial charge in [-0.15, -0.1) is 0 Å². The molecule has 6 heteroatoms. The molecule has 0 radical (unpaired) electrons. The fourth-order valence-corrected chi connectivity index (χ4v) is 3.09. The maximum Gasteiger partial charge on any atom is 0.255 e. The highest BCUT2D eigenvalue weighted by Crippen LogP contribution is 2.18. The number of benzene rings is 2. The number of hydrogen-bond acceptors (Lipinski definition) is 4. The zero-order valence-corrected chi connectivity index (χ0v) is 16.9. The van der Waals surface area contributed by atoms with E-state index in [1.807, 2.05) is 13.8 Å². The molecule has 0 spiro atoms. The minimum absolute atomic E-state index is 0.0152. The molecule has 0 aliphatic carbocycles. The van der Waals surface area contributed by atoms with Crippen molar-refractivity contribution in [2.45, 2.75) is 39.2 Å². The van der Waals surface area contributed by atoms with Crippen molar-refractivity contribution >= 4 is 23.2 Å². The first kappa shape index (κ1) is 20.9. The molecule has 0 saturated carbocycles. The molecule has 2 N–H and O–H groups in total. The van der Waals surface area contributed by atoms with Crippen LogP contribution < -0.4 is 15.4 Å². The quantitative estimate of drug-likeness (QED) is 0.690. The smallest absolute Gasteiger partial charge is 0.255 e. The highest BCUT2D eigenvalue weighted by Gasteiger charge is 2.16. The maximum atomic E-state index is 12.4. The molecule has 1 heterocycles.